The standard InChI is InChI=1S/C20H16F3N3O4/c1-30-15-7-5-12(6-8-15)9-16-18(28)26(19(29)25-16)11-17(27)24-14-4-2-3-13(10-14)20(21,22)23/h2-10H,11H2,1H3,(H,24,27)(H,25,29). The largest absolute Gasteiger partial charge is 0.497 e. The first-order chi connectivity index (χ1) is 14.2. The maximum atomic E-state index is 12.8. The van der Waals surface area contributed by atoms with Crippen molar-refractivity contribution in [1.29, 1.82) is 0 Å². The third-order valence-corrected chi connectivity index (χ3v) is 4.16. The average Bonchev–Trinajstić information content (AvgIpc) is 2.95. The summed E-state index contributed by atoms with van der Waals surface area (Å²) in [6.07, 6.45) is -3.13. The summed E-state index contributed by atoms with van der Waals surface area (Å²) in [4.78, 5) is 37.3. The zero-order valence-corrected chi connectivity index (χ0v) is 15.6. The average molecular weight is 419 g/mol. The molecule has 0 unspecified atom stereocenters. The quantitative estimate of drug-likeness (QED) is 0.575. The highest BCUT2D eigenvalue weighted by Gasteiger charge is 2.35. The third-order valence-electron chi connectivity index (χ3n) is 4.16. The van der Waals surface area contributed by atoms with Crippen molar-refractivity contribution < 1.29 is 32.3 Å². The van der Waals surface area contributed by atoms with Crippen molar-refractivity contribution in [2.45, 2.75) is 6.18 Å². The van der Waals surface area contributed by atoms with Gasteiger partial charge in [0.1, 0.15) is 18.0 Å². The van der Waals surface area contributed by atoms with E-state index in [-0.39, 0.29) is 11.4 Å². The fourth-order valence-electron chi connectivity index (χ4n) is 2.70. The molecule has 0 radical (unpaired) electrons. The second-order valence-electron chi connectivity index (χ2n) is 6.28. The first-order valence-corrected chi connectivity index (χ1v) is 8.63. The molecular weight excluding hydrogens is 403 g/mol. The Bertz CT molecular complexity index is 1020. The summed E-state index contributed by atoms with van der Waals surface area (Å²) in [6.45, 7) is -0.652. The molecule has 2 aromatic carbocycles. The summed E-state index contributed by atoms with van der Waals surface area (Å²) in [7, 11) is 1.51. The molecule has 4 amide bonds. The predicted octanol–water partition coefficient (Wildman–Crippen LogP) is 3.25. The van der Waals surface area contributed by atoms with Crippen LogP contribution in [0.2, 0.25) is 0 Å². The minimum Gasteiger partial charge on any atom is -0.497 e. The number of hydrogen-bond donors (Lipinski definition) is 2. The predicted molar refractivity (Wildman–Crippen MR) is 101 cm³/mol. The summed E-state index contributed by atoms with van der Waals surface area (Å²) in [5, 5.41) is 4.62. The molecule has 2 aromatic rings. The van der Waals surface area contributed by atoms with Crippen molar-refractivity contribution >= 4 is 29.6 Å². The maximum Gasteiger partial charge on any atom is 0.416 e. The van der Waals surface area contributed by atoms with Crippen molar-refractivity contribution in [2.75, 3.05) is 19.0 Å². The van der Waals surface area contributed by atoms with Crippen molar-refractivity contribution in [3.05, 3.63) is 65.4 Å². The SMILES string of the molecule is COc1ccc(C=C2NC(=O)N(CC(=O)Nc3cccc(C(F)(F)F)c3)C2=O)cc1. The number of urea groups is 1. The summed E-state index contributed by atoms with van der Waals surface area (Å²) in [6, 6.07) is 9.93. The van der Waals surface area contributed by atoms with E-state index in [0.29, 0.717) is 16.2 Å². The van der Waals surface area contributed by atoms with Gasteiger partial charge in [0.2, 0.25) is 5.91 Å². The molecule has 1 saturated heterocycles. The Morgan fingerprint density at radius 2 is 1.87 bits per heavy atom. The normalized spacial score (nSPS) is 15.3. The second-order valence-corrected chi connectivity index (χ2v) is 6.28. The monoisotopic (exact) mass is 419 g/mol. The fraction of sp³-hybridized carbons (Fsp3) is 0.150. The molecule has 3 rings (SSSR count). The number of amides is 4. The van der Waals surface area contributed by atoms with E-state index in [4.69, 9.17) is 4.74 Å². The molecule has 7 nitrogen and oxygen atoms in total. The van der Waals surface area contributed by atoms with Crippen LogP contribution in [0.5, 0.6) is 5.75 Å². The van der Waals surface area contributed by atoms with Gasteiger partial charge in [-0.15, -0.1) is 0 Å². The molecule has 1 aliphatic rings. The van der Waals surface area contributed by atoms with E-state index in [0.717, 1.165) is 18.2 Å². The van der Waals surface area contributed by atoms with Crippen LogP contribution in [-0.2, 0) is 15.8 Å². The lowest BCUT2D eigenvalue weighted by atomic mass is 10.2. The van der Waals surface area contributed by atoms with Gasteiger partial charge in [-0.05, 0) is 42.0 Å². The smallest absolute Gasteiger partial charge is 0.416 e. The summed E-state index contributed by atoms with van der Waals surface area (Å²) in [5.74, 6) is -0.926. The van der Waals surface area contributed by atoms with Gasteiger partial charge in [0.05, 0.1) is 12.7 Å². The van der Waals surface area contributed by atoms with Gasteiger partial charge < -0.3 is 15.4 Å². The van der Waals surface area contributed by atoms with Crippen molar-refractivity contribution in [3.63, 3.8) is 0 Å². The molecule has 0 spiro atoms. The van der Waals surface area contributed by atoms with E-state index in [1.807, 2.05) is 0 Å². The summed E-state index contributed by atoms with van der Waals surface area (Å²) < 4.78 is 43.3. The lowest BCUT2D eigenvalue weighted by molar-refractivity contribution is -0.137. The van der Waals surface area contributed by atoms with Crippen LogP contribution < -0.4 is 15.4 Å². The van der Waals surface area contributed by atoms with Crippen molar-refractivity contribution in [2.24, 2.45) is 0 Å². The van der Waals surface area contributed by atoms with Gasteiger partial charge in [-0.3, -0.25) is 9.59 Å². The van der Waals surface area contributed by atoms with E-state index in [9.17, 15) is 27.6 Å². The maximum absolute atomic E-state index is 12.8. The molecule has 30 heavy (non-hydrogen) atoms. The van der Waals surface area contributed by atoms with Crippen LogP contribution in [0.25, 0.3) is 6.08 Å². The Kier molecular flexibility index (Phi) is 5.77. The van der Waals surface area contributed by atoms with E-state index in [1.54, 1.807) is 24.3 Å². The zero-order chi connectivity index (χ0) is 21.9. The van der Waals surface area contributed by atoms with Crippen LogP contribution in [0.3, 0.4) is 0 Å². The number of hydrogen-bond acceptors (Lipinski definition) is 4. The van der Waals surface area contributed by atoms with Gasteiger partial charge in [0, 0.05) is 5.69 Å². The number of alkyl halides is 3. The van der Waals surface area contributed by atoms with Crippen molar-refractivity contribution in [3.8, 4) is 5.75 Å². The Balaban J connectivity index is 1.68. The molecule has 0 saturated carbocycles. The number of methoxy groups -OCH3 is 1. The second kappa shape index (κ2) is 8.27. The van der Waals surface area contributed by atoms with Crippen LogP contribution in [0.4, 0.5) is 23.7 Å². The Morgan fingerprint density at radius 1 is 1.17 bits per heavy atom. The number of nitrogens with one attached hydrogen (secondary N) is 2. The van der Waals surface area contributed by atoms with Crippen LogP contribution in [0.15, 0.2) is 54.2 Å². The number of rotatable bonds is 5. The molecule has 0 aliphatic carbocycles. The molecule has 0 atom stereocenters. The van der Waals surface area contributed by atoms with Crippen LogP contribution in [0, 0.1) is 0 Å². The van der Waals surface area contributed by atoms with Crippen LogP contribution in [0.1, 0.15) is 11.1 Å². The van der Waals surface area contributed by atoms with Gasteiger partial charge in [-0.2, -0.15) is 13.2 Å². The lowest BCUT2D eigenvalue weighted by Crippen LogP contribution is -2.38. The van der Waals surface area contributed by atoms with Gasteiger partial charge in [0.25, 0.3) is 5.91 Å². The number of nitrogens with zero attached hydrogens (tertiary/aromatic N) is 1. The highest BCUT2D eigenvalue weighted by molar-refractivity contribution is 6.15. The number of benzene rings is 2. The minimum absolute atomic E-state index is 0.0305. The molecule has 1 fully saturated rings. The van der Waals surface area contributed by atoms with Gasteiger partial charge in [-0.1, -0.05) is 18.2 Å². The Labute approximate surface area is 169 Å². The fourth-order valence-corrected chi connectivity index (χ4v) is 2.70. The molecule has 156 valence electrons. The molecular formula is C20H16F3N3O4. The van der Waals surface area contributed by atoms with E-state index < -0.39 is 36.1 Å². The molecule has 0 bridgehead atoms. The lowest BCUT2D eigenvalue weighted by Gasteiger charge is -2.13. The van der Waals surface area contributed by atoms with E-state index in [1.165, 1.54) is 19.3 Å². The first-order valence-electron chi connectivity index (χ1n) is 8.63. The van der Waals surface area contributed by atoms with Gasteiger partial charge in [-0.25, -0.2) is 9.69 Å². The van der Waals surface area contributed by atoms with Gasteiger partial charge >= 0.3 is 12.2 Å². The molecule has 1 heterocycles. The molecule has 2 N–H and O–H groups in total. The number of carbonyl (C=O) groups is 3. The molecule has 1 aliphatic heterocycles. The van der Waals surface area contributed by atoms with Gasteiger partial charge in [0.15, 0.2) is 0 Å². The van der Waals surface area contributed by atoms with Crippen molar-refractivity contribution in [1.82, 2.24) is 10.2 Å². The third kappa shape index (κ3) is 4.77. The summed E-state index contributed by atoms with van der Waals surface area (Å²) in [5.41, 5.74) is -0.442. The zero-order valence-electron chi connectivity index (χ0n) is 15.6. The Morgan fingerprint density at radius 3 is 2.50 bits per heavy atom. The highest BCUT2D eigenvalue weighted by atomic mass is 19.4. The number of carbonyl (C=O) groups excluding carboxylic acids is 3. The number of ether oxygens (including phenoxy) is 1. The van der Waals surface area contributed by atoms with E-state index in [2.05, 4.69) is 10.6 Å². The number of imide groups is 1. The number of halogens is 3. The topological polar surface area (TPSA) is 87.7 Å². The van der Waals surface area contributed by atoms with E-state index >= 15 is 0 Å². The summed E-state index contributed by atoms with van der Waals surface area (Å²) >= 11 is 0. The number of anilines is 1. The van der Waals surface area contributed by atoms with Crippen LogP contribution in [-0.4, -0.2) is 36.4 Å². The highest BCUT2D eigenvalue weighted by Crippen LogP contribution is 2.30. The Hall–Kier alpha value is -3.82. The minimum atomic E-state index is -4.56. The molecule has 10 heteroatoms. The van der Waals surface area contributed by atoms with Crippen LogP contribution >= 0.6 is 0 Å². The first kappa shape index (κ1) is 20.9. The molecule has 0 aromatic heterocycles.